The molecule has 0 aliphatic carbocycles. The molecule has 0 amide bonds. The predicted octanol–water partition coefficient (Wildman–Crippen LogP) is 4.80. The van der Waals surface area contributed by atoms with E-state index in [1.807, 2.05) is 60.7 Å². The van der Waals surface area contributed by atoms with Gasteiger partial charge in [0.25, 0.3) is 0 Å². The van der Waals surface area contributed by atoms with Crippen molar-refractivity contribution < 1.29 is 19.4 Å². The maximum atomic E-state index is 12.1. The van der Waals surface area contributed by atoms with Gasteiger partial charge in [0.2, 0.25) is 0 Å². The van der Waals surface area contributed by atoms with E-state index in [2.05, 4.69) is 0 Å². The maximum Gasteiger partial charge on any atom is 0.336 e. The van der Waals surface area contributed by atoms with E-state index >= 15 is 0 Å². The summed E-state index contributed by atoms with van der Waals surface area (Å²) in [5, 5.41) is 10.0. The van der Waals surface area contributed by atoms with E-state index in [-0.39, 0.29) is 0 Å². The number of carbonyl (C=O) groups is 1. The third-order valence-corrected chi connectivity index (χ3v) is 6.78. The normalized spacial score (nSPS) is 12.8. The van der Waals surface area contributed by atoms with Gasteiger partial charge in [-0.2, -0.15) is 0 Å². The largest absolute Gasteiger partial charge is 0.497 e. The molecule has 0 aromatic heterocycles. The van der Waals surface area contributed by atoms with Crippen LogP contribution in [0.5, 0.6) is 5.75 Å². The van der Waals surface area contributed by atoms with Gasteiger partial charge in [0.1, 0.15) is 5.75 Å². The van der Waals surface area contributed by atoms with Crippen LogP contribution in [0.1, 0.15) is 10.8 Å². The van der Waals surface area contributed by atoms with Crippen molar-refractivity contribution in [3.8, 4) is 5.75 Å². The molecule has 0 spiro atoms. The van der Waals surface area contributed by atoms with E-state index in [0.717, 1.165) is 20.2 Å². The number of hydrogen-bond acceptors (Lipinski definition) is 7. The summed E-state index contributed by atoms with van der Waals surface area (Å²) >= 11 is 2.95. The van der Waals surface area contributed by atoms with Crippen LogP contribution in [0.25, 0.3) is 0 Å². The smallest absolute Gasteiger partial charge is 0.336 e. The highest BCUT2D eigenvalue weighted by Crippen LogP contribution is 2.43. The van der Waals surface area contributed by atoms with Gasteiger partial charge in [-0.15, -0.1) is 11.8 Å². The van der Waals surface area contributed by atoms with Gasteiger partial charge < -0.3 is 20.3 Å². The Bertz CT molecular complexity index is 980. The van der Waals surface area contributed by atoms with E-state index in [1.54, 1.807) is 31.0 Å². The van der Waals surface area contributed by atoms with Crippen LogP contribution in [-0.2, 0) is 9.53 Å². The first-order chi connectivity index (χ1) is 14.5. The number of carbonyl (C=O) groups excluding carboxylic acids is 1. The van der Waals surface area contributed by atoms with Gasteiger partial charge in [0.05, 0.1) is 19.5 Å². The summed E-state index contributed by atoms with van der Waals surface area (Å²) in [4.78, 5) is 15.0. The molecule has 0 fully saturated rings. The van der Waals surface area contributed by atoms with Crippen LogP contribution in [-0.4, -0.2) is 31.4 Å². The summed E-state index contributed by atoms with van der Waals surface area (Å²) in [6.07, 6.45) is -1.35. The number of esters is 1. The summed E-state index contributed by atoms with van der Waals surface area (Å²) in [5.41, 5.74) is 7.56. The van der Waals surface area contributed by atoms with Crippen LogP contribution in [0.15, 0.2) is 87.5 Å². The summed E-state index contributed by atoms with van der Waals surface area (Å²) in [5.74, 6) is -0.00691. The Hall–Kier alpha value is -2.61. The van der Waals surface area contributed by atoms with Crippen LogP contribution in [0.2, 0.25) is 0 Å². The number of aliphatic hydroxyl groups is 1. The summed E-state index contributed by atoms with van der Waals surface area (Å²) in [6, 6.07) is 23.0. The Kier molecular flexibility index (Phi) is 7.68. The number of aliphatic hydroxyl groups excluding tert-OH is 1. The standard InChI is InChI=1S/C23H23NO4S2/c1-27-16-10-8-15(9-11-16)22(21(25)23(26)28-2)30-20-14-18(12-13-19(20)24)29-17-6-4-3-5-7-17/h3-14,21-22,25H,24H2,1-2H3/t21-,22+/m1/s1. The lowest BCUT2D eigenvalue weighted by molar-refractivity contribution is -0.150. The van der Waals surface area contributed by atoms with Crippen LogP contribution < -0.4 is 10.5 Å². The molecule has 3 aromatic carbocycles. The van der Waals surface area contributed by atoms with E-state index in [4.69, 9.17) is 15.2 Å². The molecular weight excluding hydrogens is 418 g/mol. The van der Waals surface area contributed by atoms with E-state index < -0.39 is 17.3 Å². The fourth-order valence-electron chi connectivity index (χ4n) is 2.79. The lowest BCUT2D eigenvalue weighted by Crippen LogP contribution is -2.27. The highest BCUT2D eigenvalue weighted by atomic mass is 32.2. The number of rotatable bonds is 8. The summed E-state index contributed by atoms with van der Waals surface area (Å²) < 4.78 is 9.97. The number of anilines is 1. The fourth-order valence-corrected chi connectivity index (χ4v) is 4.95. The molecule has 30 heavy (non-hydrogen) atoms. The lowest BCUT2D eigenvalue weighted by atomic mass is 10.1. The van der Waals surface area contributed by atoms with Gasteiger partial charge >= 0.3 is 5.97 Å². The van der Waals surface area contributed by atoms with E-state index in [9.17, 15) is 9.90 Å². The second-order valence-corrected chi connectivity index (χ2v) is 8.72. The molecule has 3 aromatic rings. The van der Waals surface area contributed by atoms with Crippen LogP contribution in [0, 0.1) is 0 Å². The zero-order valence-corrected chi connectivity index (χ0v) is 18.3. The molecule has 2 atom stereocenters. The Morgan fingerprint density at radius 3 is 2.30 bits per heavy atom. The molecule has 3 rings (SSSR count). The molecule has 5 nitrogen and oxygen atoms in total. The zero-order chi connectivity index (χ0) is 21.5. The van der Waals surface area contributed by atoms with Crippen LogP contribution in [0.3, 0.4) is 0 Å². The SMILES string of the molecule is COC(=O)[C@H](O)[C@@H](Sc1cc(Sc2ccccc2)ccc1N)c1ccc(OC)cc1. The van der Waals surface area contributed by atoms with Gasteiger partial charge in [-0.05, 0) is 48.0 Å². The molecule has 0 unspecified atom stereocenters. The van der Waals surface area contributed by atoms with Crippen molar-refractivity contribution in [2.75, 3.05) is 20.0 Å². The van der Waals surface area contributed by atoms with Crippen molar-refractivity contribution in [3.05, 3.63) is 78.4 Å². The molecule has 3 N–H and O–H groups in total. The Balaban J connectivity index is 1.90. The number of hydrogen-bond donors (Lipinski definition) is 2. The van der Waals surface area contributed by atoms with Crippen LogP contribution >= 0.6 is 23.5 Å². The quantitative estimate of drug-likeness (QED) is 0.295. The fraction of sp³-hybridized carbons (Fsp3) is 0.174. The highest BCUT2D eigenvalue weighted by molar-refractivity contribution is 8.00. The number of ether oxygens (including phenoxy) is 2. The molecule has 0 saturated carbocycles. The maximum absolute atomic E-state index is 12.1. The topological polar surface area (TPSA) is 81.8 Å². The summed E-state index contributed by atoms with van der Waals surface area (Å²) in [6.45, 7) is 0. The van der Waals surface area contributed by atoms with Crippen LogP contribution in [0.4, 0.5) is 5.69 Å². The number of nitrogens with two attached hydrogens (primary N) is 1. The monoisotopic (exact) mass is 441 g/mol. The number of nitrogen functional groups attached to an aromatic ring is 1. The number of methoxy groups -OCH3 is 2. The van der Waals surface area contributed by atoms with Gasteiger partial charge in [-0.1, -0.05) is 42.1 Å². The molecule has 7 heteroatoms. The molecule has 0 bridgehead atoms. The average Bonchev–Trinajstić information content (AvgIpc) is 2.79. The Morgan fingerprint density at radius 1 is 0.967 bits per heavy atom. The van der Waals surface area contributed by atoms with Crippen molar-refractivity contribution in [2.45, 2.75) is 26.0 Å². The van der Waals surface area contributed by atoms with E-state index in [1.165, 1.54) is 18.9 Å². The third kappa shape index (κ3) is 5.50. The second kappa shape index (κ2) is 10.4. The highest BCUT2D eigenvalue weighted by Gasteiger charge is 2.30. The second-order valence-electron chi connectivity index (χ2n) is 6.39. The minimum atomic E-state index is -1.35. The minimum absolute atomic E-state index is 0.577. The van der Waals surface area contributed by atoms with Gasteiger partial charge in [0.15, 0.2) is 6.10 Å². The molecular formula is C23H23NO4S2. The van der Waals surface area contributed by atoms with Crippen molar-refractivity contribution in [2.24, 2.45) is 0 Å². The van der Waals surface area contributed by atoms with Crippen molar-refractivity contribution in [1.29, 1.82) is 0 Å². The summed E-state index contributed by atoms with van der Waals surface area (Å²) in [7, 11) is 2.84. The first-order valence-corrected chi connectivity index (χ1v) is 10.9. The number of thioether (sulfide) groups is 1. The van der Waals surface area contributed by atoms with Crippen molar-refractivity contribution >= 4 is 35.2 Å². The predicted molar refractivity (Wildman–Crippen MR) is 121 cm³/mol. The molecule has 156 valence electrons. The van der Waals surface area contributed by atoms with Crippen molar-refractivity contribution in [1.82, 2.24) is 0 Å². The van der Waals surface area contributed by atoms with Gasteiger partial charge in [-0.25, -0.2) is 4.79 Å². The zero-order valence-electron chi connectivity index (χ0n) is 16.6. The average molecular weight is 442 g/mol. The van der Waals surface area contributed by atoms with Gasteiger partial charge in [-0.3, -0.25) is 0 Å². The van der Waals surface area contributed by atoms with Gasteiger partial charge in [0, 0.05) is 20.4 Å². The molecule has 0 radical (unpaired) electrons. The Morgan fingerprint density at radius 2 is 1.67 bits per heavy atom. The first kappa shape index (κ1) is 22.1. The number of benzene rings is 3. The third-order valence-electron chi connectivity index (χ3n) is 4.39. The first-order valence-electron chi connectivity index (χ1n) is 9.20. The molecule has 0 aliphatic heterocycles. The molecule has 0 aliphatic rings. The Labute approximate surface area is 184 Å². The molecule has 0 heterocycles. The lowest BCUT2D eigenvalue weighted by Gasteiger charge is -2.22. The van der Waals surface area contributed by atoms with Crippen molar-refractivity contribution in [3.63, 3.8) is 0 Å². The van der Waals surface area contributed by atoms with E-state index in [0.29, 0.717) is 11.4 Å². The minimum Gasteiger partial charge on any atom is -0.497 e. The molecule has 0 saturated heterocycles.